The summed E-state index contributed by atoms with van der Waals surface area (Å²) in [5.41, 5.74) is 0. The van der Waals surface area contributed by atoms with Crippen molar-refractivity contribution in [2.24, 2.45) is 5.92 Å². The van der Waals surface area contributed by atoms with Crippen LogP contribution in [-0.4, -0.2) is 50.3 Å². The topological polar surface area (TPSA) is 24.5 Å². The first kappa shape index (κ1) is 14.3. The second-order valence-electron chi connectivity index (χ2n) is 5.92. The monoisotopic (exact) mass is 254 g/mol. The standard InChI is InChI=1S/C15H30N2O/c1-3-18-14-9-6-10-17(11-14)12-15(16-2)13-7-4-5-8-13/h13-16H,3-12H2,1-2H3. The molecule has 0 bridgehead atoms. The van der Waals surface area contributed by atoms with Crippen molar-refractivity contribution in [3.63, 3.8) is 0 Å². The number of hydrogen-bond acceptors (Lipinski definition) is 3. The minimum absolute atomic E-state index is 0.477. The third-order valence-electron chi connectivity index (χ3n) is 4.66. The maximum absolute atomic E-state index is 5.79. The number of piperidine rings is 1. The fourth-order valence-electron chi connectivity index (χ4n) is 3.66. The Morgan fingerprint density at radius 2 is 2.00 bits per heavy atom. The summed E-state index contributed by atoms with van der Waals surface area (Å²) in [6.07, 6.45) is 8.74. The first-order valence-electron chi connectivity index (χ1n) is 7.84. The molecule has 0 spiro atoms. The summed E-state index contributed by atoms with van der Waals surface area (Å²) < 4.78 is 5.79. The summed E-state index contributed by atoms with van der Waals surface area (Å²) in [7, 11) is 2.13. The maximum atomic E-state index is 5.79. The highest BCUT2D eigenvalue weighted by atomic mass is 16.5. The van der Waals surface area contributed by atoms with E-state index in [1.165, 1.54) is 51.6 Å². The molecule has 2 aliphatic rings. The molecule has 0 aromatic heterocycles. The van der Waals surface area contributed by atoms with Crippen LogP contribution in [0.5, 0.6) is 0 Å². The summed E-state index contributed by atoms with van der Waals surface area (Å²) in [4.78, 5) is 2.61. The van der Waals surface area contributed by atoms with Crippen molar-refractivity contribution in [2.45, 2.75) is 57.6 Å². The molecule has 1 saturated heterocycles. The zero-order valence-electron chi connectivity index (χ0n) is 12.2. The molecule has 1 N–H and O–H groups in total. The number of nitrogens with one attached hydrogen (secondary N) is 1. The first-order valence-corrected chi connectivity index (χ1v) is 7.84. The van der Waals surface area contributed by atoms with E-state index in [1.807, 2.05) is 0 Å². The third-order valence-corrected chi connectivity index (χ3v) is 4.66. The molecule has 2 unspecified atom stereocenters. The molecule has 1 aliphatic heterocycles. The zero-order chi connectivity index (χ0) is 12.8. The van der Waals surface area contributed by atoms with Crippen molar-refractivity contribution >= 4 is 0 Å². The molecule has 1 saturated carbocycles. The molecule has 0 radical (unpaired) electrons. The van der Waals surface area contributed by atoms with Crippen LogP contribution in [0, 0.1) is 5.92 Å². The van der Waals surface area contributed by atoms with Gasteiger partial charge in [0.1, 0.15) is 0 Å². The van der Waals surface area contributed by atoms with Crippen molar-refractivity contribution in [3.8, 4) is 0 Å². The molecule has 2 fully saturated rings. The number of hydrogen-bond donors (Lipinski definition) is 1. The van der Waals surface area contributed by atoms with Crippen LogP contribution in [0.25, 0.3) is 0 Å². The van der Waals surface area contributed by atoms with Gasteiger partial charge in [0.05, 0.1) is 6.10 Å². The van der Waals surface area contributed by atoms with Crippen LogP contribution in [0.2, 0.25) is 0 Å². The second-order valence-corrected chi connectivity index (χ2v) is 5.92. The largest absolute Gasteiger partial charge is 0.377 e. The van der Waals surface area contributed by atoms with Crippen LogP contribution in [0.3, 0.4) is 0 Å². The van der Waals surface area contributed by atoms with Gasteiger partial charge in [-0.05, 0) is 52.1 Å². The number of nitrogens with zero attached hydrogens (tertiary/aromatic N) is 1. The van der Waals surface area contributed by atoms with Gasteiger partial charge in [0, 0.05) is 25.7 Å². The van der Waals surface area contributed by atoms with E-state index in [4.69, 9.17) is 4.74 Å². The Morgan fingerprint density at radius 3 is 2.67 bits per heavy atom. The van der Waals surface area contributed by atoms with Gasteiger partial charge in [-0.25, -0.2) is 0 Å². The zero-order valence-corrected chi connectivity index (χ0v) is 12.2. The Morgan fingerprint density at radius 1 is 1.22 bits per heavy atom. The van der Waals surface area contributed by atoms with Crippen LogP contribution < -0.4 is 5.32 Å². The Hall–Kier alpha value is -0.120. The predicted molar refractivity (Wildman–Crippen MR) is 75.9 cm³/mol. The Kier molecular flexibility index (Phi) is 5.93. The molecule has 1 heterocycles. The molecular formula is C15H30N2O. The highest BCUT2D eigenvalue weighted by Crippen LogP contribution is 2.28. The van der Waals surface area contributed by atoms with Crippen molar-refractivity contribution in [3.05, 3.63) is 0 Å². The van der Waals surface area contributed by atoms with Gasteiger partial charge in [0.15, 0.2) is 0 Å². The second kappa shape index (κ2) is 7.46. The SMILES string of the molecule is CCOC1CCCN(CC(NC)C2CCCC2)C1. The van der Waals surface area contributed by atoms with Crippen LogP contribution in [0.4, 0.5) is 0 Å². The summed E-state index contributed by atoms with van der Waals surface area (Å²) >= 11 is 0. The molecule has 2 rings (SSSR count). The van der Waals surface area contributed by atoms with Crippen LogP contribution in [-0.2, 0) is 4.74 Å². The molecule has 18 heavy (non-hydrogen) atoms. The van der Waals surface area contributed by atoms with Crippen molar-refractivity contribution in [2.75, 3.05) is 33.3 Å². The molecule has 0 aromatic rings. The number of rotatable bonds is 6. The molecule has 0 aromatic carbocycles. The quantitative estimate of drug-likeness (QED) is 0.787. The van der Waals surface area contributed by atoms with E-state index in [1.54, 1.807) is 0 Å². The highest BCUT2D eigenvalue weighted by Gasteiger charge is 2.27. The number of likely N-dealkylation sites (N-methyl/N-ethyl adjacent to an activating group) is 1. The van der Waals surface area contributed by atoms with Gasteiger partial charge in [0.25, 0.3) is 0 Å². The van der Waals surface area contributed by atoms with Crippen molar-refractivity contribution in [1.29, 1.82) is 0 Å². The Balaban J connectivity index is 1.79. The third kappa shape index (κ3) is 3.94. The summed E-state index contributed by atoms with van der Waals surface area (Å²) in [5.74, 6) is 0.905. The molecular weight excluding hydrogens is 224 g/mol. The minimum atomic E-state index is 0.477. The van der Waals surface area contributed by atoms with Gasteiger partial charge in [-0.1, -0.05) is 12.8 Å². The smallest absolute Gasteiger partial charge is 0.0702 e. The average Bonchev–Trinajstić information content (AvgIpc) is 2.90. The van der Waals surface area contributed by atoms with E-state index in [-0.39, 0.29) is 0 Å². The summed E-state index contributed by atoms with van der Waals surface area (Å²) in [6.45, 7) is 6.57. The van der Waals surface area contributed by atoms with E-state index >= 15 is 0 Å². The lowest BCUT2D eigenvalue weighted by atomic mass is 9.96. The van der Waals surface area contributed by atoms with E-state index < -0.39 is 0 Å². The number of likely N-dealkylation sites (tertiary alicyclic amines) is 1. The minimum Gasteiger partial charge on any atom is -0.377 e. The van der Waals surface area contributed by atoms with Crippen molar-refractivity contribution < 1.29 is 4.74 Å². The maximum Gasteiger partial charge on any atom is 0.0702 e. The lowest BCUT2D eigenvalue weighted by Crippen LogP contribution is -2.48. The molecule has 1 aliphatic carbocycles. The highest BCUT2D eigenvalue weighted by molar-refractivity contribution is 4.84. The Labute approximate surface area is 112 Å². The fraction of sp³-hybridized carbons (Fsp3) is 1.00. The molecule has 0 amide bonds. The molecule has 2 atom stereocenters. The lowest BCUT2D eigenvalue weighted by molar-refractivity contribution is 0.00200. The number of ether oxygens (including phenoxy) is 1. The van der Waals surface area contributed by atoms with E-state index in [2.05, 4.69) is 24.2 Å². The summed E-state index contributed by atoms with van der Waals surface area (Å²) in [5, 5.41) is 3.56. The fourth-order valence-corrected chi connectivity index (χ4v) is 3.66. The predicted octanol–water partition coefficient (Wildman–Crippen LogP) is 2.27. The van der Waals surface area contributed by atoms with E-state index in [9.17, 15) is 0 Å². The molecule has 3 heteroatoms. The van der Waals surface area contributed by atoms with Gasteiger partial charge < -0.3 is 10.1 Å². The van der Waals surface area contributed by atoms with E-state index in [0.29, 0.717) is 12.1 Å². The lowest BCUT2D eigenvalue weighted by Gasteiger charge is -2.36. The first-order chi connectivity index (χ1) is 8.83. The van der Waals surface area contributed by atoms with Gasteiger partial charge in [-0.3, -0.25) is 4.90 Å². The molecule has 106 valence electrons. The summed E-state index contributed by atoms with van der Waals surface area (Å²) in [6, 6.07) is 0.688. The normalized spacial score (nSPS) is 28.7. The van der Waals surface area contributed by atoms with Crippen LogP contribution in [0.1, 0.15) is 45.4 Å². The Bertz CT molecular complexity index is 227. The van der Waals surface area contributed by atoms with Crippen LogP contribution in [0.15, 0.2) is 0 Å². The van der Waals surface area contributed by atoms with Gasteiger partial charge in [0.2, 0.25) is 0 Å². The van der Waals surface area contributed by atoms with Crippen molar-refractivity contribution in [1.82, 2.24) is 10.2 Å². The van der Waals surface area contributed by atoms with Gasteiger partial charge >= 0.3 is 0 Å². The average molecular weight is 254 g/mol. The van der Waals surface area contributed by atoms with E-state index in [0.717, 1.165) is 19.1 Å². The van der Waals surface area contributed by atoms with Gasteiger partial charge in [-0.2, -0.15) is 0 Å². The molecule has 3 nitrogen and oxygen atoms in total. The van der Waals surface area contributed by atoms with Crippen LogP contribution >= 0.6 is 0 Å². The van der Waals surface area contributed by atoms with Gasteiger partial charge in [-0.15, -0.1) is 0 Å².